The predicted molar refractivity (Wildman–Crippen MR) is 133 cm³/mol. The van der Waals surface area contributed by atoms with Crippen molar-refractivity contribution in [3.63, 3.8) is 0 Å². The molecule has 0 bridgehead atoms. The molecule has 0 aliphatic carbocycles. The first-order valence-electron chi connectivity index (χ1n) is 10.2. The van der Waals surface area contributed by atoms with Gasteiger partial charge in [-0.25, -0.2) is 0 Å². The number of nitrogens with zero attached hydrogens (tertiary/aromatic N) is 4. The van der Waals surface area contributed by atoms with Crippen molar-refractivity contribution in [2.45, 2.75) is 11.8 Å². The highest BCUT2D eigenvalue weighted by molar-refractivity contribution is 7.99. The molecule has 10 heteroatoms. The Kier molecular flexibility index (Phi) is 7.79. The van der Waals surface area contributed by atoms with E-state index in [4.69, 9.17) is 16.3 Å². The Labute approximate surface area is 205 Å². The van der Waals surface area contributed by atoms with Gasteiger partial charge in [0.15, 0.2) is 5.82 Å². The molecule has 34 heavy (non-hydrogen) atoms. The van der Waals surface area contributed by atoms with Gasteiger partial charge in [0.2, 0.25) is 11.1 Å². The standard InChI is InChI=1S/C24H20ClN5O3S/c25-18-8-10-19(11-9-18)27-23(32)16-34-24-29-28-22(15-33-21-4-2-1-3-5-21)30(24)26-14-17-6-12-20(31)13-7-17/h1-14,31H,15-16H2,(H,27,32). The Hall–Kier alpha value is -3.82. The van der Waals surface area contributed by atoms with Crippen LogP contribution in [0.4, 0.5) is 5.69 Å². The lowest BCUT2D eigenvalue weighted by Gasteiger charge is -2.07. The van der Waals surface area contributed by atoms with Gasteiger partial charge in [-0.3, -0.25) is 4.79 Å². The molecule has 0 saturated carbocycles. The van der Waals surface area contributed by atoms with Crippen LogP contribution in [-0.4, -0.2) is 37.9 Å². The van der Waals surface area contributed by atoms with Crippen molar-refractivity contribution in [2.75, 3.05) is 11.1 Å². The fourth-order valence-electron chi connectivity index (χ4n) is 2.80. The maximum absolute atomic E-state index is 12.4. The average molecular weight is 494 g/mol. The maximum Gasteiger partial charge on any atom is 0.234 e. The second-order valence-electron chi connectivity index (χ2n) is 6.99. The van der Waals surface area contributed by atoms with Crippen LogP contribution in [0.25, 0.3) is 0 Å². The first-order chi connectivity index (χ1) is 16.6. The van der Waals surface area contributed by atoms with Crippen LogP contribution >= 0.6 is 23.4 Å². The number of aromatic hydroxyl groups is 1. The van der Waals surface area contributed by atoms with Gasteiger partial charge in [-0.15, -0.1) is 10.2 Å². The van der Waals surface area contributed by atoms with Crippen molar-refractivity contribution < 1.29 is 14.6 Å². The monoisotopic (exact) mass is 493 g/mol. The minimum Gasteiger partial charge on any atom is -0.508 e. The lowest BCUT2D eigenvalue weighted by molar-refractivity contribution is -0.113. The minimum atomic E-state index is -0.202. The van der Waals surface area contributed by atoms with Gasteiger partial charge in [-0.2, -0.15) is 9.78 Å². The smallest absolute Gasteiger partial charge is 0.234 e. The lowest BCUT2D eigenvalue weighted by atomic mass is 10.2. The average Bonchev–Trinajstić information content (AvgIpc) is 3.25. The van der Waals surface area contributed by atoms with E-state index >= 15 is 0 Å². The van der Waals surface area contributed by atoms with Gasteiger partial charge in [-0.1, -0.05) is 41.6 Å². The number of phenolic OH excluding ortho intramolecular Hbond substituents is 1. The van der Waals surface area contributed by atoms with E-state index in [-0.39, 0.29) is 24.0 Å². The zero-order chi connectivity index (χ0) is 23.8. The lowest BCUT2D eigenvalue weighted by Crippen LogP contribution is -2.14. The number of thioether (sulfide) groups is 1. The van der Waals surface area contributed by atoms with Crippen molar-refractivity contribution in [3.8, 4) is 11.5 Å². The van der Waals surface area contributed by atoms with Gasteiger partial charge in [0.25, 0.3) is 0 Å². The molecule has 0 saturated heterocycles. The van der Waals surface area contributed by atoms with Crippen LogP contribution in [-0.2, 0) is 11.4 Å². The van der Waals surface area contributed by atoms with Crippen molar-refractivity contribution in [1.82, 2.24) is 14.9 Å². The number of para-hydroxylation sites is 1. The van der Waals surface area contributed by atoms with Gasteiger partial charge in [0.05, 0.1) is 12.0 Å². The number of rotatable bonds is 9. The Morgan fingerprint density at radius 2 is 1.79 bits per heavy atom. The van der Waals surface area contributed by atoms with Crippen molar-refractivity contribution in [2.24, 2.45) is 5.10 Å². The molecular formula is C24H20ClN5O3S. The van der Waals surface area contributed by atoms with Crippen LogP contribution < -0.4 is 10.1 Å². The molecule has 0 atom stereocenters. The van der Waals surface area contributed by atoms with Gasteiger partial charge in [0.1, 0.15) is 18.1 Å². The molecular weight excluding hydrogens is 474 g/mol. The number of carbonyl (C=O) groups excluding carboxylic acids is 1. The number of benzene rings is 3. The summed E-state index contributed by atoms with van der Waals surface area (Å²) in [4.78, 5) is 12.4. The number of halogens is 1. The number of amides is 1. The van der Waals surface area contributed by atoms with Crippen LogP contribution in [0.2, 0.25) is 5.02 Å². The number of hydrogen-bond acceptors (Lipinski definition) is 7. The summed E-state index contributed by atoms with van der Waals surface area (Å²) in [7, 11) is 0. The largest absolute Gasteiger partial charge is 0.508 e. The third-order valence-corrected chi connectivity index (χ3v) is 5.63. The predicted octanol–water partition coefficient (Wildman–Crippen LogP) is 4.83. The molecule has 0 unspecified atom stereocenters. The van der Waals surface area contributed by atoms with Gasteiger partial charge < -0.3 is 15.2 Å². The second-order valence-corrected chi connectivity index (χ2v) is 8.37. The summed E-state index contributed by atoms with van der Waals surface area (Å²) < 4.78 is 7.34. The van der Waals surface area contributed by atoms with E-state index in [0.29, 0.717) is 27.4 Å². The van der Waals surface area contributed by atoms with Crippen LogP contribution in [0, 0.1) is 0 Å². The number of ether oxygens (including phenoxy) is 1. The summed E-state index contributed by atoms with van der Waals surface area (Å²) in [5.41, 5.74) is 1.43. The highest BCUT2D eigenvalue weighted by atomic mass is 35.5. The van der Waals surface area contributed by atoms with Crippen molar-refractivity contribution in [1.29, 1.82) is 0 Å². The number of aromatic nitrogens is 3. The molecule has 0 fully saturated rings. The third kappa shape index (κ3) is 6.60. The summed E-state index contributed by atoms with van der Waals surface area (Å²) in [5, 5.41) is 26.2. The van der Waals surface area contributed by atoms with Crippen LogP contribution in [0.15, 0.2) is 89.1 Å². The number of anilines is 1. The third-order valence-electron chi connectivity index (χ3n) is 4.46. The van der Waals surface area contributed by atoms with Crippen molar-refractivity contribution >= 4 is 41.2 Å². The van der Waals surface area contributed by atoms with E-state index in [0.717, 1.165) is 5.56 Å². The molecule has 4 rings (SSSR count). The first kappa shape index (κ1) is 23.3. The summed E-state index contributed by atoms with van der Waals surface area (Å²) in [6.07, 6.45) is 1.62. The molecule has 8 nitrogen and oxygen atoms in total. The highest BCUT2D eigenvalue weighted by Gasteiger charge is 2.15. The molecule has 1 amide bonds. The zero-order valence-corrected chi connectivity index (χ0v) is 19.4. The van der Waals surface area contributed by atoms with Crippen LogP contribution in [0.1, 0.15) is 11.4 Å². The van der Waals surface area contributed by atoms with E-state index in [9.17, 15) is 9.90 Å². The molecule has 172 valence electrons. The highest BCUT2D eigenvalue weighted by Crippen LogP contribution is 2.20. The van der Waals surface area contributed by atoms with Gasteiger partial charge >= 0.3 is 0 Å². The molecule has 1 aromatic heterocycles. The van der Waals surface area contributed by atoms with Crippen LogP contribution in [0.5, 0.6) is 11.5 Å². The fraction of sp³-hybridized carbons (Fsp3) is 0.0833. The van der Waals surface area contributed by atoms with E-state index in [1.54, 1.807) is 54.7 Å². The molecule has 0 spiro atoms. The number of nitrogens with one attached hydrogen (secondary N) is 1. The number of phenols is 1. The SMILES string of the molecule is O=C(CSc1nnc(COc2ccccc2)n1N=Cc1ccc(O)cc1)Nc1ccc(Cl)cc1. The van der Waals surface area contributed by atoms with E-state index in [1.807, 2.05) is 30.3 Å². The van der Waals surface area contributed by atoms with Crippen molar-refractivity contribution in [3.05, 3.63) is 95.3 Å². The maximum atomic E-state index is 12.4. The molecule has 2 N–H and O–H groups in total. The zero-order valence-electron chi connectivity index (χ0n) is 17.8. The fourth-order valence-corrected chi connectivity index (χ4v) is 3.63. The summed E-state index contributed by atoms with van der Waals surface area (Å²) >= 11 is 7.08. The number of carbonyl (C=O) groups is 1. The van der Waals surface area contributed by atoms with E-state index in [2.05, 4.69) is 20.6 Å². The van der Waals surface area contributed by atoms with Crippen LogP contribution in [0.3, 0.4) is 0 Å². The molecule has 0 aliphatic heterocycles. The Morgan fingerprint density at radius 3 is 2.53 bits per heavy atom. The quantitative estimate of drug-likeness (QED) is 0.256. The summed E-state index contributed by atoms with van der Waals surface area (Å²) in [6, 6.07) is 22.8. The van der Waals surface area contributed by atoms with E-state index in [1.165, 1.54) is 16.4 Å². The summed E-state index contributed by atoms with van der Waals surface area (Å²) in [6.45, 7) is 0.140. The van der Waals surface area contributed by atoms with Gasteiger partial charge in [-0.05, 0) is 66.2 Å². The summed E-state index contributed by atoms with van der Waals surface area (Å²) in [5.74, 6) is 1.23. The molecule has 4 aromatic rings. The molecule has 0 aliphatic rings. The molecule has 0 radical (unpaired) electrons. The Bertz CT molecular complexity index is 1260. The molecule has 3 aromatic carbocycles. The minimum absolute atomic E-state index is 0.106. The second kappa shape index (κ2) is 11.4. The topological polar surface area (TPSA) is 102 Å². The van der Waals surface area contributed by atoms with Gasteiger partial charge in [0, 0.05) is 10.7 Å². The molecule has 1 heterocycles. The van der Waals surface area contributed by atoms with E-state index < -0.39 is 0 Å². The first-order valence-corrected chi connectivity index (χ1v) is 11.6. The Balaban J connectivity index is 1.48. The number of hydrogen-bond donors (Lipinski definition) is 2. The normalized spacial score (nSPS) is 11.0. The Morgan fingerprint density at radius 1 is 1.06 bits per heavy atom.